The molecular formula is C22H23ClFN3O5S. The maximum atomic E-state index is 13.4. The van der Waals surface area contributed by atoms with E-state index in [-0.39, 0.29) is 40.6 Å². The zero-order valence-corrected chi connectivity index (χ0v) is 19.6. The lowest BCUT2D eigenvalue weighted by atomic mass is 9.99. The van der Waals surface area contributed by atoms with Crippen molar-refractivity contribution >= 4 is 44.8 Å². The number of hydrogen-bond donors (Lipinski definition) is 2. The summed E-state index contributed by atoms with van der Waals surface area (Å²) >= 11 is 5.77. The van der Waals surface area contributed by atoms with Gasteiger partial charge in [0.05, 0.1) is 21.5 Å². The molecule has 2 aliphatic heterocycles. The summed E-state index contributed by atoms with van der Waals surface area (Å²) in [5.74, 6) is -1.55. The molecule has 11 heteroatoms. The maximum Gasteiger partial charge on any atom is 0.265 e. The third kappa shape index (κ3) is 4.68. The summed E-state index contributed by atoms with van der Waals surface area (Å²) in [6, 6.07) is 6.84. The summed E-state index contributed by atoms with van der Waals surface area (Å²) in [5.41, 5.74) is 1.22. The van der Waals surface area contributed by atoms with Crippen LogP contribution in [0, 0.1) is 18.7 Å². The molecule has 0 unspecified atom stereocenters. The fourth-order valence-corrected chi connectivity index (χ4v) is 5.88. The third-order valence-corrected chi connectivity index (χ3v) is 8.06. The van der Waals surface area contributed by atoms with Crippen molar-refractivity contribution in [1.29, 1.82) is 0 Å². The number of piperidine rings is 1. The van der Waals surface area contributed by atoms with Crippen LogP contribution in [0.15, 0.2) is 35.2 Å². The zero-order valence-electron chi connectivity index (χ0n) is 18.0. The maximum absolute atomic E-state index is 13.4. The average molecular weight is 496 g/mol. The van der Waals surface area contributed by atoms with Crippen LogP contribution in [0.1, 0.15) is 25.3 Å². The molecule has 0 radical (unpaired) electrons. The molecule has 1 saturated heterocycles. The van der Waals surface area contributed by atoms with E-state index < -0.39 is 27.9 Å². The lowest BCUT2D eigenvalue weighted by Gasteiger charge is -2.32. The van der Waals surface area contributed by atoms with Crippen molar-refractivity contribution in [3.8, 4) is 5.75 Å². The van der Waals surface area contributed by atoms with E-state index in [1.54, 1.807) is 19.9 Å². The number of carbonyl (C=O) groups excluding carboxylic acids is 2. The molecule has 0 aromatic heterocycles. The molecule has 2 aromatic carbocycles. The van der Waals surface area contributed by atoms with E-state index in [2.05, 4.69) is 10.6 Å². The average Bonchev–Trinajstić information content (AvgIpc) is 2.77. The van der Waals surface area contributed by atoms with Crippen LogP contribution in [0.3, 0.4) is 0 Å². The van der Waals surface area contributed by atoms with Gasteiger partial charge in [-0.25, -0.2) is 12.8 Å². The number of fused-ring (bicyclic) bond motifs is 1. The van der Waals surface area contributed by atoms with Crippen LogP contribution >= 0.6 is 11.6 Å². The SMILES string of the molecule is Cc1cc2c(cc1S(=O)(=O)N1CCC[C@H](C(=O)Nc3ccc(F)c(Cl)c3)C1)O[C@@H](C)C(=O)N2. The van der Waals surface area contributed by atoms with Gasteiger partial charge in [-0.2, -0.15) is 4.31 Å². The van der Waals surface area contributed by atoms with Gasteiger partial charge in [-0.1, -0.05) is 11.6 Å². The fraction of sp³-hybridized carbons (Fsp3) is 0.364. The molecule has 0 spiro atoms. The summed E-state index contributed by atoms with van der Waals surface area (Å²) in [4.78, 5) is 24.7. The van der Waals surface area contributed by atoms with E-state index in [1.807, 2.05) is 0 Å². The second-order valence-corrected chi connectivity index (χ2v) is 10.5. The first-order chi connectivity index (χ1) is 15.6. The number of benzene rings is 2. The number of halogens is 2. The second-order valence-electron chi connectivity index (χ2n) is 8.18. The topological polar surface area (TPSA) is 105 Å². The highest BCUT2D eigenvalue weighted by molar-refractivity contribution is 7.89. The van der Waals surface area contributed by atoms with Crippen LogP contribution in [0.25, 0.3) is 0 Å². The molecular weight excluding hydrogens is 473 g/mol. The first-order valence-corrected chi connectivity index (χ1v) is 12.3. The van der Waals surface area contributed by atoms with Gasteiger partial charge in [-0.3, -0.25) is 9.59 Å². The third-order valence-electron chi connectivity index (χ3n) is 5.77. The Hall–Kier alpha value is -2.69. The molecule has 2 aliphatic rings. The van der Waals surface area contributed by atoms with Crippen LogP contribution < -0.4 is 15.4 Å². The standard InChI is InChI=1S/C22H23ClFN3O5S/c1-12-8-18-19(32-13(2)21(28)26-18)10-20(12)33(30,31)27-7-3-4-14(11-27)22(29)25-15-5-6-17(24)16(23)9-15/h5-6,8-10,13-14H,3-4,7,11H2,1-2H3,(H,25,29)(H,26,28)/t13-,14-/m0/s1. The smallest absolute Gasteiger partial charge is 0.265 e. The summed E-state index contributed by atoms with van der Waals surface area (Å²) < 4.78 is 47.1. The summed E-state index contributed by atoms with van der Waals surface area (Å²) in [6.45, 7) is 3.50. The molecule has 2 atom stereocenters. The highest BCUT2D eigenvalue weighted by Gasteiger charge is 2.35. The largest absolute Gasteiger partial charge is 0.479 e. The molecule has 2 aromatic rings. The Labute approximate surface area is 196 Å². The van der Waals surface area contributed by atoms with E-state index in [9.17, 15) is 22.4 Å². The lowest BCUT2D eigenvalue weighted by molar-refractivity contribution is -0.123. The van der Waals surface area contributed by atoms with Crippen molar-refractivity contribution in [2.75, 3.05) is 23.7 Å². The number of nitrogens with one attached hydrogen (secondary N) is 2. The van der Waals surface area contributed by atoms with Crippen molar-refractivity contribution in [2.45, 2.75) is 37.7 Å². The van der Waals surface area contributed by atoms with Crippen LogP contribution in [-0.2, 0) is 19.6 Å². The van der Waals surface area contributed by atoms with Crippen LogP contribution in [0.5, 0.6) is 5.75 Å². The molecule has 2 amide bonds. The zero-order chi connectivity index (χ0) is 23.9. The normalized spacial score (nSPS) is 21.0. The van der Waals surface area contributed by atoms with Gasteiger partial charge >= 0.3 is 0 Å². The minimum Gasteiger partial charge on any atom is -0.479 e. The number of amides is 2. The molecule has 4 rings (SSSR count). The van der Waals surface area contributed by atoms with Gasteiger partial charge in [-0.15, -0.1) is 0 Å². The highest BCUT2D eigenvalue weighted by Crippen LogP contribution is 2.36. The number of sulfonamides is 1. The van der Waals surface area contributed by atoms with Crippen molar-refractivity contribution in [3.63, 3.8) is 0 Å². The first kappa shape index (κ1) is 23.5. The minimum atomic E-state index is -3.92. The number of rotatable bonds is 4. The van der Waals surface area contributed by atoms with Crippen molar-refractivity contribution in [2.24, 2.45) is 5.92 Å². The molecule has 2 heterocycles. The summed E-state index contributed by atoms with van der Waals surface area (Å²) in [5, 5.41) is 5.27. The van der Waals surface area contributed by atoms with Gasteiger partial charge < -0.3 is 15.4 Å². The van der Waals surface area contributed by atoms with E-state index >= 15 is 0 Å². The van der Waals surface area contributed by atoms with E-state index in [0.717, 1.165) is 6.07 Å². The van der Waals surface area contributed by atoms with E-state index in [0.29, 0.717) is 29.8 Å². The molecule has 8 nitrogen and oxygen atoms in total. The molecule has 176 valence electrons. The Balaban J connectivity index is 1.54. The predicted molar refractivity (Wildman–Crippen MR) is 121 cm³/mol. The van der Waals surface area contributed by atoms with Crippen LogP contribution in [0.4, 0.5) is 15.8 Å². The fourth-order valence-electron chi connectivity index (χ4n) is 3.95. The highest BCUT2D eigenvalue weighted by atomic mass is 35.5. The predicted octanol–water partition coefficient (Wildman–Crippen LogP) is 3.55. The Morgan fingerprint density at radius 1 is 1.30 bits per heavy atom. The monoisotopic (exact) mass is 495 g/mol. The molecule has 2 N–H and O–H groups in total. The van der Waals surface area contributed by atoms with Crippen molar-refractivity contribution < 1.29 is 27.1 Å². The number of aryl methyl sites for hydroxylation is 1. The van der Waals surface area contributed by atoms with Crippen molar-refractivity contribution in [1.82, 2.24) is 4.31 Å². The number of nitrogens with zero attached hydrogens (tertiary/aromatic N) is 1. The van der Waals surface area contributed by atoms with Crippen LogP contribution in [0.2, 0.25) is 5.02 Å². The van der Waals surface area contributed by atoms with Gasteiger partial charge in [0.1, 0.15) is 11.6 Å². The first-order valence-electron chi connectivity index (χ1n) is 10.4. The molecule has 0 bridgehead atoms. The molecule has 0 aliphatic carbocycles. The van der Waals surface area contributed by atoms with E-state index in [1.165, 1.54) is 22.5 Å². The van der Waals surface area contributed by atoms with Gasteiger partial charge in [0.25, 0.3) is 5.91 Å². The number of carbonyl (C=O) groups is 2. The van der Waals surface area contributed by atoms with Gasteiger partial charge in [-0.05, 0) is 56.5 Å². The minimum absolute atomic E-state index is 0.00755. The molecule has 1 fully saturated rings. The van der Waals surface area contributed by atoms with Crippen molar-refractivity contribution in [3.05, 3.63) is 46.7 Å². The number of ether oxygens (including phenoxy) is 1. The quantitative estimate of drug-likeness (QED) is 0.675. The lowest BCUT2D eigenvalue weighted by Crippen LogP contribution is -2.44. The Morgan fingerprint density at radius 3 is 2.79 bits per heavy atom. The molecule has 0 saturated carbocycles. The Morgan fingerprint density at radius 2 is 2.06 bits per heavy atom. The number of hydrogen-bond acceptors (Lipinski definition) is 5. The number of anilines is 2. The van der Waals surface area contributed by atoms with Crippen LogP contribution in [-0.4, -0.2) is 43.7 Å². The van der Waals surface area contributed by atoms with Gasteiger partial charge in [0.2, 0.25) is 15.9 Å². The Kier molecular flexibility index (Phi) is 6.35. The van der Waals surface area contributed by atoms with Gasteiger partial charge in [0.15, 0.2) is 6.10 Å². The van der Waals surface area contributed by atoms with Gasteiger partial charge in [0, 0.05) is 24.8 Å². The summed E-state index contributed by atoms with van der Waals surface area (Å²) in [6.07, 6.45) is 0.288. The second kappa shape index (κ2) is 8.92. The summed E-state index contributed by atoms with van der Waals surface area (Å²) in [7, 11) is -3.92. The van der Waals surface area contributed by atoms with E-state index in [4.69, 9.17) is 16.3 Å². The molecule has 33 heavy (non-hydrogen) atoms. The Bertz CT molecular complexity index is 1240.